The Morgan fingerprint density at radius 2 is 1.90 bits per heavy atom. The van der Waals surface area contributed by atoms with Gasteiger partial charge in [0, 0.05) is 19.2 Å². The molecule has 0 saturated carbocycles. The maximum atomic E-state index is 12.1. The van der Waals surface area contributed by atoms with Crippen molar-refractivity contribution in [1.29, 1.82) is 0 Å². The molecule has 0 fully saturated rings. The van der Waals surface area contributed by atoms with Crippen molar-refractivity contribution < 1.29 is 19.6 Å². The van der Waals surface area contributed by atoms with Crippen molar-refractivity contribution in [3.63, 3.8) is 0 Å². The molecule has 1 aliphatic rings. The number of nitrogens with zero attached hydrogens (tertiary/aromatic N) is 2. The van der Waals surface area contributed by atoms with E-state index in [-0.39, 0.29) is 30.0 Å². The minimum Gasteiger partial charge on any atom is -0.396 e. The summed E-state index contributed by atoms with van der Waals surface area (Å²) in [5.41, 5.74) is -0.366. The summed E-state index contributed by atoms with van der Waals surface area (Å²) < 4.78 is 0. The fraction of sp³-hybridized carbons (Fsp3) is 0.385. The highest BCUT2D eigenvalue weighted by atomic mass is 16.6. The Kier molecular flexibility index (Phi) is 4.09. The zero-order valence-electron chi connectivity index (χ0n) is 10.7. The van der Waals surface area contributed by atoms with Gasteiger partial charge in [0.1, 0.15) is 5.56 Å². The van der Waals surface area contributed by atoms with Gasteiger partial charge in [0.25, 0.3) is 17.5 Å². The second kappa shape index (κ2) is 5.79. The first-order valence-corrected chi connectivity index (χ1v) is 6.32. The first-order chi connectivity index (χ1) is 9.57. The number of hydrogen-bond acceptors (Lipinski definition) is 5. The van der Waals surface area contributed by atoms with E-state index in [0.717, 1.165) is 4.90 Å². The van der Waals surface area contributed by atoms with Gasteiger partial charge in [-0.15, -0.1) is 0 Å². The molecule has 1 N–H and O–H groups in total. The van der Waals surface area contributed by atoms with Crippen molar-refractivity contribution in [2.45, 2.75) is 19.3 Å². The van der Waals surface area contributed by atoms with E-state index in [1.165, 1.54) is 18.2 Å². The van der Waals surface area contributed by atoms with Crippen LogP contribution in [-0.4, -0.2) is 39.9 Å². The minimum absolute atomic E-state index is 0.0631. The zero-order valence-corrected chi connectivity index (χ0v) is 10.7. The van der Waals surface area contributed by atoms with E-state index in [1.807, 2.05) is 0 Å². The van der Waals surface area contributed by atoms with Crippen molar-refractivity contribution in [3.05, 3.63) is 39.4 Å². The van der Waals surface area contributed by atoms with E-state index < -0.39 is 16.7 Å². The van der Waals surface area contributed by atoms with Gasteiger partial charge in [0.15, 0.2) is 0 Å². The van der Waals surface area contributed by atoms with Crippen LogP contribution in [0, 0.1) is 10.1 Å². The summed E-state index contributed by atoms with van der Waals surface area (Å²) in [6.07, 6.45) is 1.86. The smallest absolute Gasteiger partial charge is 0.282 e. The average molecular weight is 278 g/mol. The normalized spacial score (nSPS) is 13.8. The van der Waals surface area contributed by atoms with Gasteiger partial charge >= 0.3 is 0 Å². The van der Waals surface area contributed by atoms with Crippen molar-refractivity contribution in [3.8, 4) is 0 Å². The summed E-state index contributed by atoms with van der Waals surface area (Å²) in [5.74, 6) is -1.10. The Labute approximate surface area is 115 Å². The highest BCUT2D eigenvalue weighted by Gasteiger charge is 2.40. The van der Waals surface area contributed by atoms with Crippen LogP contribution in [0.5, 0.6) is 0 Å². The molecule has 7 heteroatoms. The fourth-order valence-electron chi connectivity index (χ4n) is 2.23. The molecule has 0 unspecified atom stereocenters. The van der Waals surface area contributed by atoms with Crippen LogP contribution in [-0.2, 0) is 0 Å². The molecule has 7 nitrogen and oxygen atoms in total. The molecular formula is C13H14N2O5. The molecule has 2 amide bonds. The van der Waals surface area contributed by atoms with Gasteiger partial charge in [-0.1, -0.05) is 6.07 Å². The average Bonchev–Trinajstić information content (AvgIpc) is 2.68. The van der Waals surface area contributed by atoms with Crippen LogP contribution in [0.2, 0.25) is 0 Å². The van der Waals surface area contributed by atoms with Crippen molar-refractivity contribution in [2.24, 2.45) is 0 Å². The van der Waals surface area contributed by atoms with E-state index in [4.69, 9.17) is 5.11 Å². The Morgan fingerprint density at radius 1 is 1.15 bits per heavy atom. The molecule has 0 bridgehead atoms. The number of benzene rings is 1. The molecule has 0 aliphatic carbocycles. The van der Waals surface area contributed by atoms with Crippen LogP contribution < -0.4 is 0 Å². The van der Waals surface area contributed by atoms with Crippen LogP contribution in [0.1, 0.15) is 40.0 Å². The molecule has 0 radical (unpaired) electrons. The summed E-state index contributed by atoms with van der Waals surface area (Å²) in [6.45, 7) is 0.275. The molecule has 1 aromatic carbocycles. The number of imide groups is 1. The van der Waals surface area contributed by atoms with Gasteiger partial charge in [-0.3, -0.25) is 24.6 Å². The molecule has 2 rings (SSSR count). The number of fused-ring (bicyclic) bond motifs is 1. The van der Waals surface area contributed by atoms with Gasteiger partial charge in [-0.2, -0.15) is 0 Å². The van der Waals surface area contributed by atoms with Crippen molar-refractivity contribution in [1.82, 2.24) is 4.90 Å². The lowest BCUT2D eigenvalue weighted by Gasteiger charge is -2.12. The van der Waals surface area contributed by atoms with Crippen LogP contribution in [0.15, 0.2) is 18.2 Å². The lowest BCUT2D eigenvalue weighted by atomic mass is 10.1. The SMILES string of the molecule is O=C1c2cccc([N+](=O)[O-])c2C(=O)N1CCCCCO. The summed E-state index contributed by atoms with van der Waals surface area (Å²) in [4.78, 5) is 35.5. The highest BCUT2D eigenvalue weighted by Crippen LogP contribution is 2.30. The predicted molar refractivity (Wildman–Crippen MR) is 69.4 cm³/mol. The van der Waals surface area contributed by atoms with Crippen LogP contribution in [0.25, 0.3) is 0 Å². The number of rotatable bonds is 6. The molecule has 1 aromatic rings. The van der Waals surface area contributed by atoms with Gasteiger partial charge in [0.2, 0.25) is 0 Å². The number of carbonyl (C=O) groups is 2. The lowest BCUT2D eigenvalue weighted by molar-refractivity contribution is -0.385. The first-order valence-electron chi connectivity index (χ1n) is 6.32. The van der Waals surface area contributed by atoms with Crippen LogP contribution >= 0.6 is 0 Å². The predicted octanol–water partition coefficient (Wildman–Crippen LogP) is 1.35. The number of nitro benzene ring substituents is 1. The number of amides is 2. The monoisotopic (exact) mass is 278 g/mol. The maximum absolute atomic E-state index is 12.1. The fourth-order valence-corrected chi connectivity index (χ4v) is 2.23. The number of nitro groups is 1. The zero-order chi connectivity index (χ0) is 14.7. The minimum atomic E-state index is -0.653. The van der Waals surface area contributed by atoms with E-state index in [0.29, 0.717) is 19.3 Å². The Morgan fingerprint density at radius 3 is 2.55 bits per heavy atom. The standard InChI is InChI=1S/C13H14N2O5/c16-8-3-1-2-7-14-12(17)9-5-4-6-10(15(19)20)11(9)13(14)18/h4-6,16H,1-3,7-8H2. The van der Waals surface area contributed by atoms with Gasteiger partial charge in [-0.25, -0.2) is 0 Å². The molecule has 1 heterocycles. The van der Waals surface area contributed by atoms with Gasteiger partial charge < -0.3 is 5.11 Å². The Bertz CT molecular complexity index is 570. The lowest BCUT2D eigenvalue weighted by Crippen LogP contribution is -2.30. The third kappa shape index (κ3) is 2.39. The summed E-state index contributed by atoms with van der Waals surface area (Å²) >= 11 is 0. The summed E-state index contributed by atoms with van der Waals surface area (Å²) in [5, 5.41) is 19.6. The van der Waals surface area contributed by atoms with Gasteiger partial charge in [-0.05, 0) is 25.3 Å². The maximum Gasteiger partial charge on any atom is 0.282 e. The Hall–Kier alpha value is -2.28. The molecule has 0 aromatic heterocycles. The highest BCUT2D eigenvalue weighted by molar-refractivity contribution is 6.23. The molecule has 20 heavy (non-hydrogen) atoms. The summed E-state index contributed by atoms with van der Waals surface area (Å²) in [6, 6.07) is 4.05. The second-order valence-electron chi connectivity index (χ2n) is 4.50. The number of aliphatic hydroxyl groups excluding tert-OH is 1. The number of hydrogen-bond donors (Lipinski definition) is 1. The van der Waals surface area contributed by atoms with Gasteiger partial charge in [0.05, 0.1) is 10.5 Å². The van der Waals surface area contributed by atoms with E-state index in [9.17, 15) is 19.7 Å². The molecule has 0 atom stereocenters. The van der Waals surface area contributed by atoms with Crippen LogP contribution in [0.3, 0.4) is 0 Å². The number of aliphatic hydroxyl groups is 1. The Balaban J connectivity index is 2.22. The molecule has 1 aliphatic heterocycles. The summed E-state index contributed by atoms with van der Waals surface area (Å²) in [7, 11) is 0. The molecule has 0 spiro atoms. The quantitative estimate of drug-likeness (QED) is 0.366. The third-order valence-corrected chi connectivity index (χ3v) is 3.21. The van der Waals surface area contributed by atoms with Crippen molar-refractivity contribution in [2.75, 3.05) is 13.2 Å². The number of unbranched alkanes of at least 4 members (excludes halogenated alkanes) is 2. The molecule has 106 valence electrons. The van der Waals surface area contributed by atoms with E-state index in [2.05, 4.69) is 0 Å². The largest absolute Gasteiger partial charge is 0.396 e. The second-order valence-corrected chi connectivity index (χ2v) is 4.50. The van der Waals surface area contributed by atoms with Crippen molar-refractivity contribution >= 4 is 17.5 Å². The third-order valence-electron chi connectivity index (χ3n) is 3.21. The van der Waals surface area contributed by atoms with E-state index >= 15 is 0 Å². The van der Waals surface area contributed by atoms with Crippen LogP contribution in [0.4, 0.5) is 5.69 Å². The number of carbonyl (C=O) groups excluding carboxylic acids is 2. The topological polar surface area (TPSA) is 101 Å². The molecular weight excluding hydrogens is 264 g/mol. The first kappa shape index (κ1) is 14.1. The van der Waals surface area contributed by atoms with E-state index in [1.54, 1.807) is 0 Å². The molecule has 0 saturated heterocycles.